The van der Waals surface area contributed by atoms with E-state index in [0.29, 0.717) is 23.2 Å². The average molecular weight is 342 g/mol. The first-order chi connectivity index (χ1) is 11.1. The number of halogens is 3. The zero-order chi connectivity index (χ0) is 16.2. The molecule has 0 amide bonds. The van der Waals surface area contributed by atoms with E-state index in [1.807, 2.05) is 0 Å². The lowest BCUT2D eigenvalue weighted by atomic mass is 10.3. The van der Waals surface area contributed by atoms with Crippen LogP contribution in [-0.4, -0.2) is 16.8 Å². The van der Waals surface area contributed by atoms with Crippen molar-refractivity contribution in [2.75, 3.05) is 5.32 Å². The minimum Gasteiger partial charge on any atom is -0.461 e. The average Bonchev–Trinajstić information content (AvgIpc) is 3.18. The minimum absolute atomic E-state index is 0.0668. The van der Waals surface area contributed by atoms with Gasteiger partial charge in [0.2, 0.25) is 11.7 Å². The summed E-state index contributed by atoms with van der Waals surface area (Å²) in [5.41, 5.74) is 0.592. The molecule has 0 saturated carbocycles. The van der Waals surface area contributed by atoms with Crippen LogP contribution >= 0.6 is 11.6 Å². The summed E-state index contributed by atoms with van der Waals surface area (Å²) in [6.45, 7) is -2.69. The van der Waals surface area contributed by atoms with Crippen LogP contribution in [0.1, 0.15) is 5.89 Å². The van der Waals surface area contributed by atoms with E-state index in [1.165, 1.54) is 18.4 Å². The standard InChI is InChI=1S/C14H10ClF2N3O3/c15-9-6-8(3-4-10(9)22-14(16)17)18-7-12-19-13(20-23-12)11-2-1-5-21-11/h1-6,14,18H,7H2. The quantitative estimate of drug-likeness (QED) is 0.724. The van der Waals surface area contributed by atoms with Gasteiger partial charge in [-0.05, 0) is 30.3 Å². The Hall–Kier alpha value is -2.61. The third-order valence-corrected chi connectivity index (χ3v) is 3.10. The van der Waals surface area contributed by atoms with Crippen LogP contribution in [0.25, 0.3) is 11.6 Å². The molecule has 0 spiro atoms. The normalized spacial score (nSPS) is 11.0. The number of nitrogens with zero attached hydrogens (tertiary/aromatic N) is 2. The Morgan fingerprint density at radius 3 is 2.87 bits per heavy atom. The van der Waals surface area contributed by atoms with Crippen LogP contribution in [-0.2, 0) is 6.54 Å². The monoisotopic (exact) mass is 341 g/mol. The fraction of sp³-hybridized carbons (Fsp3) is 0.143. The first-order valence-corrected chi connectivity index (χ1v) is 6.84. The van der Waals surface area contributed by atoms with Gasteiger partial charge in [-0.3, -0.25) is 0 Å². The molecular weight excluding hydrogens is 332 g/mol. The van der Waals surface area contributed by atoms with Crippen LogP contribution in [0.3, 0.4) is 0 Å². The van der Waals surface area contributed by atoms with E-state index in [1.54, 1.807) is 18.2 Å². The van der Waals surface area contributed by atoms with E-state index in [4.69, 9.17) is 20.5 Å². The number of rotatable bonds is 6. The van der Waals surface area contributed by atoms with Crippen LogP contribution < -0.4 is 10.1 Å². The van der Waals surface area contributed by atoms with Gasteiger partial charge in [-0.1, -0.05) is 16.8 Å². The highest BCUT2D eigenvalue weighted by Gasteiger charge is 2.12. The van der Waals surface area contributed by atoms with Crippen molar-refractivity contribution in [3.05, 3.63) is 47.5 Å². The summed E-state index contributed by atoms with van der Waals surface area (Å²) in [5, 5.41) is 6.84. The van der Waals surface area contributed by atoms with E-state index in [9.17, 15) is 8.78 Å². The Morgan fingerprint density at radius 2 is 2.17 bits per heavy atom. The van der Waals surface area contributed by atoms with Crippen LogP contribution in [0.4, 0.5) is 14.5 Å². The molecule has 0 aliphatic carbocycles. The molecule has 0 aliphatic rings. The van der Waals surface area contributed by atoms with Gasteiger partial charge in [0.25, 0.3) is 0 Å². The van der Waals surface area contributed by atoms with Crippen molar-refractivity contribution < 1.29 is 22.5 Å². The molecule has 3 rings (SSSR count). The number of nitrogens with one attached hydrogen (secondary N) is 1. The van der Waals surface area contributed by atoms with Gasteiger partial charge in [0.05, 0.1) is 17.8 Å². The Morgan fingerprint density at radius 1 is 1.30 bits per heavy atom. The number of anilines is 1. The number of aromatic nitrogens is 2. The molecule has 0 bridgehead atoms. The van der Waals surface area contributed by atoms with Gasteiger partial charge < -0.3 is 19.0 Å². The van der Waals surface area contributed by atoms with E-state index >= 15 is 0 Å². The summed E-state index contributed by atoms with van der Waals surface area (Å²) >= 11 is 5.86. The molecule has 0 aliphatic heterocycles. The molecule has 0 fully saturated rings. The van der Waals surface area contributed by atoms with Gasteiger partial charge in [-0.25, -0.2) is 0 Å². The smallest absolute Gasteiger partial charge is 0.387 e. The molecule has 2 heterocycles. The topological polar surface area (TPSA) is 73.3 Å². The molecule has 0 atom stereocenters. The van der Waals surface area contributed by atoms with Crippen LogP contribution in [0.15, 0.2) is 45.5 Å². The highest BCUT2D eigenvalue weighted by molar-refractivity contribution is 6.32. The van der Waals surface area contributed by atoms with Crippen LogP contribution in [0.5, 0.6) is 5.75 Å². The maximum Gasteiger partial charge on any atom is 0.387 e. The summed E-state index contributed by atoms with van der Waals surface area (Å²) in [4.78, 5) is 4.16. The highest BCUT2D eigenvalue weighted by Crippen LogP contribution is 2.29. The van der Waals surface area contributed by atoms with Gasteiger partial charge in [-0.2, -0.15) is 13.8 Å². The van der Waals surface area contributed by atoms with E-state index in [0.717, 1.165) is 0 Å². The van der Waals surface area contributed by atoms with E-state index in [-0.39, 0.29) is 17.3 Å². The summed E-state index contributed by atoms with van der Waals surface area (Å²) in [7, 11) is 0. The Labute approximate surface area is 134 Å². The molecule has 6 nitrogen and oxygen atoms in total. The maximum atomic E-state index is 12.2. The molecule has 0 unspecified atom stereocenters. The highest BCUT2D eigenvalue weighted by atomic mass is 35.5. The van der Waals surface area contributed by atoms with Crippen molar-refractivity contribution in [3.8, 4) is 17.3 Å². The van der Waals surface area contributed by atoms with Gasteiger partial charge in [0.1, 0.15) is 5.75 Å². The molecule has 9 heteroatoms. The maximum absolute atomic E-state index is 12.2. The predicted molar refractivity (Wildman–Crippen MR) is 77.4 cm³/mol. The second-order valence-corrected chi connectivity index (χ2v) is 4.77. The van der Waals surface area contributed by atoms with Crippen LogP contribution in [0, 0.1) is 0 Å². The number of alkyl halides is 2. The number of hydrogen-bond acceptors (Lipinski definition) is 6. The molecular formula is C14H10ClF2N3O3. The summed E-state index contributed by atoms with van der Waals surface area (Å²) < 4.78 is 38.8. The van der Waals surface area contributed by atoms with Crippen LogP contribution in [0.2, 0.25) is 5.02 Å². The van der Waals surface area contributed by atoms with Crippen molar-refractivity contribution in [3.63, 3.8) is 0 Å². The first-order valence-electron chi connectivity index (χ1n) is 6.46. The largest absolute Gasteiger partial charge is 0.461 e. The number of benzene rings is 1. The zero-order valence-electron chi connectivity index (χ0n) is 11.5. The Balaban J connectivity index is 1.63. The van der Waals surface area contributed by atoms with Gasteiger partial charge >= 0.3 is 6.61 Å². The third-order valence-electron chi connectivity index (χ3n) is 2.80. The lowest BCUT2D eigenvalue weighted by Gasteiger charge is -2.09. The Kier molecular flexibility index (Phi) is 4.42. The van der Waals surface area contributed by atoms with Crippen molar-refractivity contribution in [1.82, 2.24) is 10.1 Å². The van der Waals surface area contributed by atoms with Crippen molar-refractivity contribution in [2.45, 2.75) is 13.2 Å². The van der Waals surface area contributed by atoms with Gasteiger partial charge in [0, 0.05) is 5.69 Å². The van der Waals surface area contributed by atoms with Crippen molar-refractivity contribution >= 4 is 17.3 Å². The van der Waals surface area contributed by atoms with E-state index in [2.05, 4.69) is 20.2 Å². The molecule has 1 N–H and O–H groups in total. The second kappa shape index (κ2) is 6.66. The number of furan rings is 1. The molecule has 3 aromatic rings. The summed E-state index contributed by atoms with van der Waals surface area (Å²) in [6, 6.07) is 7.79. The SMILES string of the molecule is FC(F)Oc1ccc(NCc2nc(-c3ccco3)no2)cc1Cl. The number of hydrogen-bond donors (Lipinski definition) is 1. The second-order valence-electron chi connectivity index (χ2n) is 4.37. The zero-order valence-corrected chi connectivity index (χ0v) is 12.3. The molecule has 120 valence electrons. The molecule has 0 radical (unpaired) electrons. The fourth-order valence-electron chi connectivity index (χ4n) is 1.81. The minimum atomic E-state index is -2.93. The molecule has 1 aromatic carbocycles. The summed E-state index contributed by atoms with van der Waals surface area (Å²) in [5.74, 6) is 1.08. The third kappa shape index (κ3) is 3.78. The Bertz CT molecular complexity index is 777. The van der Waals surface area contributed by atoms with Crippen molar-refractivity contribution in [2.24, 2.45) is 0 Å². The first kappa shape index (κ1) is 15.3. The summed E-state index contributed by atoms with van der Waals surface area (Å²) in [6.07, 6.45) is 1.51. The van der Waals surface area contributed by atoms with Crippen molar-refractivity contribution in [1.29, 1.82) is 0 Å². The molecule has 0 saturated heterocycles. The lowest BCUT2D eigenvalue weighted by Crippen LogP contribution is -2.03. The molecule has 23 heavy (non-hydrogen) atoms. The number of ether oxygens (including phenoxy) is 1. The fourth-order valence-corrected chi connectivity index (χ4v) is 2.04. The predicted octanol–water partition coefficient (Wildman–Crippen LogP) is 4.20. The van der Waals surface area contributed by atoms with E-state index < -0.39 is 6.61 Å². The lowest BCUT2D eigenvalue weighted by molar-refractivity contribution is -0.0497. The van der Waals surface area contributed by atoms with Gasteiger partial charge in [0.15, 0.2) is 5.76 Å². The molecule has 2 aromatic heterocycles. The van der Waals surface area contributed by atoms with Gasteiger partial charge in [-0.15, -0.1) is 0 Å².